The maximum atomic E-state index is 10.9. The molecule has 0 aliphatic rings. The van der Waals surface area contributed by atoms with Crippen LogP contribution < -0.4 is 5.14 Å². The van der Waals surface area contributed by atoms with Crippen molar-refractivity contribution in [3.05, 3.63) is 29.8 Å². The molecule has 1 aromatic carbocycles. The number of hydrogen-bond donors (Lipinski definition) is 1. The smallest absolute Gasteiger partial charge is 0.225 e. The van der Waals surface area contributed by atoms with Crippen LogP contribution in [0.3, 0.4) is 0 Å². The molecule has 13 heavy (non-hydrogen) atoms. The van der Waals surface area contributed by atoms with E-state index in [2.05, 4.69) is 0 Å². The largest absolute Gasteiger partial charge is 0.238 e. The van der Waals surface area contributed by atoms with Gasteiger partial charge in [-0.15, -0.1) is 0 Å². The molecule has 1 atom stereocenters. The van der Waals surface area contributed by atoms with Crippen LogP contribution in [-0.2, 0) is 10.0 Å². The fourth-order valence-corrected chi connectivity index (χ4v) is 1.48. The van der Waals surface area contributed by atoms with Crippen LogP contribution in [0.4, 0.5) is 0 Å². The van der Waals surface area contributed by atoms with Crippen LogP contribution in [-0.4, -0.2) is 16.3 Å². The summed E-state index contributed by atoms with van der Waals surface area (Å²) in [5.41, 5.74) is 0.882. The number of nitrogens with two attached hydrogens (primary N) is 1. The zero-order chi connectivity index (χ0) is 10.1. The lowest BCUT2D eigenvalue weighted by atomic mass is 9.83. The molecule has 1 aromatic rings. The Bertz CT molecular complexity index is 383. The van der Waals surface area contributed by atoms with E-state index >= 15 is 0 Å². The molecule has 0 fully saturated rings. The van der Waals surface area contributed by atoms with Crippen molar-refractivity contribution in [3.63, 3.8) is 0 Å². The third kappa shape index (κ3) is 2.57. The minimum Gasteiger partial charge on any atom is -0.225 e. The average Bonchev–Trinajstić information content (AvgIpc) is 2.03. The first kappa shape index (κ1) is 10.3. The van der Waals surface area contributed by atoms with Crippen LogP contribution >= 0.6 is 0 Å². The van der Waals surface area contributed by atoms with Crippen molar-refractivity contribution in [2.45, 2.75) is 17.6 Å². The lowest BCUT2D eigenvalue weighted by Crippen LogP contribution is -2.12. The van der Waals surface area contributed by atoms with E-state index in [9.17, 15) is 8.42 Å². The molecule has 0 aliphatic heterocycles. The Balaban J connectivity index is 3.08. The highest BCUT2D eigenvalue weighted by Gasteiger charge is 2.07. The van der Waals surface area contributed by atoms with Crippen molar-refractivity contribution < 1.29 is 8.42 Å². The predicted molar refractivity (Wildman–Crippen MR) is 52.0 cm³/mol. The van der Waals surface area contributed by atoms with Crippen molar-refractivity contribution in [1.82, 2.24) is 0 Å². The van der Waals surface area contributed by atoms with Crippen LogP contribution in [0.5, 0.6) is 0 Å². The fourth-order valence-electron chi connectivity index (χ4n) is 0.961. The average molecular weight is 195 g/mol. The van der Waals surface area contributed by atoms with E-state index < -0.39 is 10.0 Å². The number of sulfonamides is 1. The van der Waals surface area contributed by atoms with Crippen molar-refractivity contribution >= 4 is 17.9 Å². The molecule has 5 heteroatoms. The molecule has 0 saturated carbocycles. The van der Waals surface area contributed by atoms with Crippen molar-refractivity contribution in [2.75, 3.05) is 0 Å². The quantitative estimate of drug-likeness (QED) is 0.701. The van der Waals surface area contributed by atoms with Gasteiger partial charge in [-0.25, -0.2) is 13.6 Å². The molecule has 0 spiro atoms. The van der Waals surface area contributed by atoms with Gasteiger partial charge in [0.15, 0.2) is 0 Å². The van der Waals surface area contributed by atoms with E-state index in [-0.39, 0.29) is 10.7 Å². The lowest BCUT2D eigenvalue weighted by molar-refractivity contribution is 0.598. The Kier molecular flexibility index (Phi) is 2.78. The first-order valence-corrected chi connectivity index (χ1v) is 5.34. The van der Waals surface area contributed by atoms with Gasteiger partial charge in [-0.05, 0) is 12.1 Å². The zero-order valence-corrected chi connectivity index (χ0v) is 8.08. The van der Waals surface area contributed by atoms with Gasteiger partial charge in [-0.2, -0.15) is 0 Å². The van der Waals surface area contributed by atoms with Crippen molar-refractivity contribution in [3.8, 4) is 0 Å². The summed E-state index contributed by atoms with van der Waals surface area (Å²) in [6, 6.07) is 6.22. The van der Waals surface area contributed by atoms with Gasteiger partial charge >= 0.3 is 0 Å². The van der Waals surface area contributed by atoms with Crippen LogP contribution in [0.1, 0.15) is 18.3 Å². The highest BCUT2D eigenvalue weighted by atomic mass is 32.2. The summed E-state index contributed by atoms with van der Waals surface area (Å²) < 4.78 is 21.7. The van der Waals surface area contributed by atoms with Gasteiger partial charge in [0.2, 0.25) is 10.0 Å². The number of hydrogen-bond acceptors (Lipinski definition) is 2. The monoisotopic (exact) mass is 195 g/mol. The second-order valence-electron chi connectivity index (χ2n) is 2.90. The molecule has 0 saturated heterocycles. The SMILES string of the molecule is [B]C(C)c1ccc(S(N)(=O)=O)cc1. The molecule has 3 nitrogen and oxygen atoms in total. The van der Waals surface area contributed by atoms with Crippen LogP contribution in [0.15, 0.2) is 29.2 Å². The molecule has 0 aromatic heterocycles. The lowest BCUT2D eigenvalue weighted by Gasteiger charge is -2.05. The van der Waals surface area contributed by atoms with Gasteiger partial charge in [0.25, 0.3) is 0 Å². The predicted octanol–water partition coefficient (Wildman–Crippen LogP) is 0.564. The molecule has 0 bridgehead atoms. The normalized spacial score (nSPS) is 14.0. The summed E-state index contributed by atoms with van der Waals surface area (Å²) in [5, 5.41) is 4.92. The third-order valence-electron chi connectivity index (χ3n) is 1.73. The molecule has 0 amide bonds. The Hall–Kier alpha value is -0.805. The Morgan fingerprint density at radius 2 is 1.77 bits per heavy atom. The maximum Gasteiger partial charge on any atom is 0.238 e. The number of primary sulfonamides is 1. The van der Waals surface area contributed by atoms with Gasteiger partial charge in [-0.3, -0.25) is 0 Å². The highest BCUT2D eigenvalue weighted by Crippen LogP contribution is 2.14. The Morgan fingerprint density at radius 3 is 2.08 bits per heavy atom. The second kappa shape index (κ2) is 3.51. The zero-order valence-electron chi connectivity index (χ0n) is 7.27. The van der Waals surface area contributed by atoms with Crippen LogP contribution in [0.2, 0.25) is 0 Å². The first-order chi connectivity index (χ1) is 5.91. The standard InChI is InChI=1S/C8H10BNO2S/c1-6(9)7-2-4-8(5-3-7)13(10,11)12/h2-6H,1H3,(H2,10,11,12). The molecule has 2 radical (unpaired) electrons. The second-order valence-corrected chi connectivity index (χ2v) is 4.46. The maximum absolute atomic E-state index is 10.9. The van der Waals surface area contributed by atoms with E-state index in [0.717, 1.165) is 5.56 Å². The van der Waals surface area contributed by atoms with E-state index in [4.69, 9.17) is 13.0 Å². The van der Waals surface area contributed by atoms with E-state index in [0.29, 0.717) is 0 Å². The molecule has 2 N–H and O–H groups in total. The summed E-state index contributed by atoms with van der Waals surface area (Å²) in [7, 11) is 2.01. The first-order valence-electron chi connectivity index (χ1n) is 3.79. The van der Waals surface area contributed by atoms with Crippen molar-refractivity contribution in [2.24, 2.45) is 5.14 Å². The molecule has 1 unspecified atom stereocenters. The number of rotatable bonds is 2. The summed E-state index contributed by atoms with van der Waals surface area (Å²) in [4.78, 5) is 0.108. The molecular weight excluding hydrogens is 185 g/mol. The third-order valence-corrected chi connectivity index (χ3v) is 2.66. The van der Waals surface area contributed by atoms with E-state index in [1.165, 1.54) is 12.1 Å². The van der Waals surface area contributed by atoms with Gasteiger partial charge < -0.3 is 0 Å². The van der Waals surface area contributed by atoms with E-state index in [1.807, 2.05) is 6.92 Å². The summed E-state index contributed by atoms with van der Waals surface area (Å²) in [6.45, 7) is 1.83. The van der Waals surface area contributed by atoms with Gasteiger partial charge in [-0.1, -0.05) is 30.4 Å². The minimum absolute atomic E-state index is 0.102. The van der Waals surface area contributed by atoms with Crippen LogP contribution in [0.25, 0.3) is 0 Å². The van der Waals surface area contributed by atoms with Gasteiger partial charge in [0.05, 0.1) is 12.7 Å². The molecular formula is C8H10BNO2S. The highest BCUT2D eigenvalue weighted by molar-refractivity contribution is 7.89. The summed E-state index contributed by atoms with van der Waals surface area (Å²) >= 11 is 0. The Morgan fingerprint density at radius 1 is 1.31 bits per heavy atom. The molecule has 1 rings (SSSR count). The topological polar surface area (TPSA) is 60.2 Å². The Labute approximate surface area is 79.4 Å². The molecule has 0 aliphatic carbocycles. The van der Waals surface area contributed by atoms with Gasteiger partial charge in [0, 0.05) is 0 Å². The van der Waals surface area contributed by atoms with Crippen LogP contribution in [0, 0.1) is 0 Å². The van der Waals surface area contributed by atoms with Crippen molar-refractivity contribution in [1.29, 1.82) is 0 Å². The minimum atomic E-state index is -3.59. The number of benzene rings is 1. The van der Waals surface area contributed by atoms with E-state index in [1.54, 1.807) is 12.1 Å². The fraction of sp³-hybridized carbons (Fsp3) is 0.250. The summed E-state index contributed by atoms with van der Waals surface area (Å²) in [6.07, 6.45) is 0. The molecule has 68 valence electrons. The summed E-state index contributed by atoms with van der Waals surface area (Å²) in [5.74, 6) is -0.102. The van der Waals surface area contributed by atoms with Gasteiger partial charge in [0.1, 0.15) is 0 Å². The molecule has 0 heterocycles.